The Morgan fingerprint density at radius 1 is 1.12 bits per heavy atom. The average Bonchev–Trinajstić information content (AvgIpc) is 3.43. The topological polar surface area (TPSA) is 85.2 Å². The Hall–Kier alpha value is -3.19. The van der Waals surface area contributed by atoms with Crippen LogP contribution in [0.1, 0.15) is 36.2 Å². The van der Waals surface area contributed by atoms with E-state index in [0.29, 0.717) is 19.6 Å². The zero-order valence-corrected chi connectivity index (χ0v) is 18.7. The Morgan fingerprint density at radius 2 is 1.91 bits per heavy atom. The molecule has 2 amide bonds. The quantitative estimate of drug-likeness (QED) is 0.531. The second-order valence-electron chi connectivity index (χ2n) is 8.31. The number of nitrogens with zero attached hydrogens (tertiary/aromatic N) is 2. The van der Waals surface area contributed by atoms with Gasteiger partial charge in [0.1, 0.15) is 18.5 Å². The SMILES string of the molecule is Cc1cccc(C)c1NC(=O)Cn1c(CCCNC(=O)C2CCCO2)nc2ccccc21. The molecule has 1 aliphatic rings. The van der Waals surface area contributed by atoms with Crippen LogP contribution in [0.3, 0.4) is 0 Å². The minimum atomic E-state index is -0.312. The molecule has 1 unspecified atom stereocenters. The van der Waals surface area contributed by atoms with Gasteiger partial charge in [-0.2, -0.15) is 0 Å². The number of carbonyl (C=O) groups excluding carboxylic acids is 2. The van der Waals surface area contributed by atoms with E-state index in [1.165, 1.54) is 0 Å². The van der Waals surface area contributed by atoms with Crippen molar-refractivity contribution >= 4 is 28.5 Å². The van der Waals surface area contributed by atoms with Crippen molar-refractivity contribution in [3.05, 3.63) is 59.4 Å². The van der Waals surface area contributed by atoms with E-state index in [4.69, 9.17) is 9.72 Å². The molecule has 1 aliphatic heterocycles. The molecule has 0 saturated carbocycles. The molecule has 1 fully saturated rings. The van der Waals surface area contributed by atoms with Gasteiger partial charge in [-0.25, -0.2) is 4.98 Å². The van der Waals surface area contributed by atoms with Crippen molar-refractivity contribution in [1.82, 2.24) is 14.9 Å². The first-order valence-electron chi connectivity index (χ1n) is 11.2. The number of rotatable bonds is 8. The number of aromatic nitrogens is 2. The van der Waals surface area contributed by atoms with E-state index in [-0.39, 0.29) is 24.5 Å². The van der Waals surface area contributed by atoms with Gasteiger partial charge in [-0.1, -0.05) is 30.3 Å². The van der Waals surface area contributed by atoms with Gasteiger partial charge in [-0.15, -0.1) is 0 Å². The number of imidazole rings is 1. The summed E-state index contributed by atoms with van der Waals surface area (Å²) >= 11 is 0. The molecule has 0 spiro atoms. The molecule has 0 radical (unpaired) electrons. The predicted octanol–water partition coefficient (Wildman–Crippen LogP) is 3.52. The number of nitrogens with one attached hydrogen (secondary N) is 2. The molecule has 0 aliphatic carbocycles. The zero-order chi connectivity index (χ0) is 22.5. The number of aryl methyl sites for hydroxylation is 3. The van der Waals surface area contributed by atoms with Crippen molar-refractivity contribution in [2.45, 2.75) is 52.2 Å². The standard InChI is InChI=1S/C25H30N4O3/c1-17-8-5-9-18(2)24(17)28-23(30)16-29-20-11-4-3-10-19(20)27-22(29)13-6-14-26-25(31)21-12-7-15-32-21/h3-5,8-11,21H,6-7,12-16H2,1-2H3,(H,26,31)(H,28,30). The van der Waals surface area contributed by atoms with Crippen molar-refractivity contribution in [2.75, 3.05) is 18.5 Å². The first-order valence-corrected chi connectivity index (χ1v) is 11.2. The molecular weight excluding hydrogens is 404 g/mol. The third kappa shape index (κ3) is 4.99. The van der Waals surface area contributed by atoms with Crippen LogP contribution < -0.4 is 10.6 Å². The molecule has 0 bridgehead atoms. The van der Waals surface area contributed by atoms with Crippen molar-refractivity contribution < 1.29 is 14.3 Å². The number of ether oxygens (including phenoxy) is 1. The number of carbonyl (C=O) groups is 2. The number of anilines is 1. The van der Waals surface area contributed by atoms with Crippen LogP contribution in [0.4, 0.5) is 5.69 Å². The Bertz CT molecular complexity index is 1100. The summed E-state index contributed by atoms with van der Waals surface area (Å²) in [5.74, 6) is 0.719. The smallest absolute Gasteiger partial charge is 0.249 e. The van der Waals surface area contributed by atoms with Gasteiger partial charge in [0, 0.05) is 25.3 Å². The van der Waals surface area contributed by atoms with Crippen molar-refractivity contribution in [3.8, 4) is 0 Å². The molecule has 2 N–H and O–H groups in total. The summed E-state index contributed by atoms with van der Waals surface area (Å²) in [5.41, 5.74) is 4.74. The van der Waals surface area contributed by atoms with Crippen LogP contribution in [-0.2, 0) is 27.3 Å². The summed E-state index contributed by atoms with van der Waals surface area (Å²) in [4.78, 5) is 29.8. The normalized spacial score (nSPS) is 15.8. The Labute approximate surface area is 188 Å². The summed E-state index contributed by atoms with van der Waals surface area (Å²) in [7, 11) is 0. The molecule has 7 nitrogen and oxygen atoms in total. The Kier molecular flexibility index (Phi) is 6.85. The fraction of sp³-hybridized carbons (Fsp3) is 0.400. The van der Waals surface area contributed by atoms with Gasteiger partial charge in [-0.05, 0) is 56.4 Å². The highest BCUT2D eigenvalue weighted by molar-refractivity contribution is 5.93. The van der Waals surface area contributed by atoms with E-state index in [0.717, 1.165) is 52.9 Å². The lowest BCUT2D eigenvalue weighted by molar-refractivity contribution is -0.130. The maximum Gasteiger partial charge on any atom is 0.249 e. The van der Waals surface area contributed by atoms with Crippen molar-refractivity contribution in [3.63, 3.8) is 0 Å². The monoisotopic (exact) mass is 434 g/mol. The predicted molar refractivity (Wildman–Crippen MR) is 125 cm³/mol. The van der Waals surface area contributed by atoms with Crippen LogP contribution in [0.25, 0.3) is 11.0 Å². The summed E-state index contributed by atoms with van der Waals surface area (Å²) in [6, 6.07) is 13.8. The van der Waals surface area contributed by atoms with Gasteiger partial charge in [-0.3, -0.25) is 9.59 Å². The van der Waals surface area contributed by atoms with Crippen LogP contribution in [-0.4, -0.2) is 40.6 Å². The van der Waals surface area contributed by atoms with Crippen molar-refractivity contribution in [1.29, 1.82) is 0 Å². The highest BCUT2D eigenvalue weighted by Gasteiger charge is 2.23. The number of fused-ring (bicyclic) bond motifs is 1. The van der Waals surface area contributed by atoms with E-state index in [1.807, 2.05) is 60.9 Å². The molecule has 1 aromatic heterocycles. The van der Waals surface area contributed by atoms with Crippen LogP contribution in [0.5, 0.6) is 0 Å². The maximum atomic E-state index is 12.9. The minimum absolute atomic E-state index is 0.0380. The molecular formula is C25H30N4O3. The fourth-order valence-corrected chi connectivity index (χ4v) is 4.18. The first-order chi connectivity index (χ1) is 15.5. The van der Waals surface area contributed by atoms with E-state index >= 15 is 0 Å². The molecule has 3 aromatic rings. The third-order valence-corrected chi connectivity index (χ3v) is 5.88. The highest BCUT2D eigenvalue weighted by Crippen LogP contribution is 2.21. The second kappa shape index (κ2) is 9.96. The largest absolute Gasteiger partial charge is 0.368 e. The number of para-hydroxylation sites is 3. The average molecular weight is 435 g/mol. The Morgan fingerprint density at radius 3 is 2.66 bits per heavy atom. The number of hydrogen-bond acceptors (Lipinski definition) is 4. The van der Waals surface area contributed by atoms with Gasteiger partial charge in [0.25, 0.3) is 0 Å². The van der Waals surface area contributed by atoms with Gasteiger partial charge in [0.2, 0.25) is 11.8 Å². The van der Waals surface area contributed by atoms with Gasteiger partial charge >= 0.3 is 0 Å². The summed E-state index contributed by atoms with van der Waals surface area (Å²) in [6.07, 6.45) is 2.81. The molecule has 1 saturated heterocycles. The summed E-state index contributed by atoms with van der Waals surface area (Å²) in [5, 5.41) is 6.02. The lowest BCUT2D eigenvalue weighted by atomic mass is 10.1. The zero-order valence-electron chi connectivity index (χ0n) is 18.7. The number of benzene rings is 2. The summed E-state index contributed by atoms with van der Waals surface area (Å²) < 4.78 is 7.40. The third-order valence-electron chi connectivity index (χ3n) is 5.88. The van der Waals surface area contributed by atoms with E-state index in [1.54, 1.807) is 0 Å². The van der Waals surface area contributed by atoms with Crippen LogP contribution in [0.2, 0.25) is 0 Å². The van der Waals surface area contributed by atoms with Crippen molar-refractivity contribution in [2.24, 2.45) is 0 Å². The number of amides is 2. The number of hydrogen-bond donors (Lipinski definition) is 2. The van der Waals surface area contributed by atoms with Gasteiger partial charge in [0.05, 0.1) is 11.0 Å². The van der Waals surface area contributed by atoms with E-state index in [2.05, 4.69) is 10.6 Å². The van der Waals surface area contributed by atoms with E-state index < -0.39 is 0 Å². The Balaban J connectivity index is 1.43. The van der Waals surface area contributed by atoms with Crippen LogP contribution >= 0.6 is 0 Å². The molecule has 1 atom stereocenters. The first kappa shape index (κ1) is 22.0. The molecule has 32 heavy (non-hydrogen) atoms. The summed E-state index contributed by atoms with van der Waals surface area (Å²) in [6.45, 7) is 5.38. The van der Waals surface area contributed by atoms with Crippen LogP contribution in [0, 0.1) is 13.8 Å². The molecule has 7 heteroatoms. The molecule has 2 heterocycles. The van der Waals surface area contributed by atoms with Gasteiger partial charge < -0.3 is 19.9 Å². The molecule has 4 rings (SSSR count). The van der Waals surface area contributed by atoms with E-state index in [9.17, 15) is 9.59 Å². The molecule has 2 aromatic carbocycles. The minimum Gasteiger partial charge on any atom is -0.368 e. The second-order valence-corrected chi connectivity index (χ2v) is 8.31. The van der Waals surface area contributed by atoms with Crippen LogP contribution in [0.15, 0.2) is 42.5 Å². The lowest BCUT2D eigenvalue weighted by Crippen LogP contribution is -2.34. The molecule has 168 valence electrons. The maximum absolute atomic E-state index is 12.9. The van der Waals surface area contributed by atoms with Gasteiger partial charge in [0.15, 0.2) is 0 Å². The highest BCUT2D eigenvalue weighted by atomic mass is 16.5. The lowest BCUT2D eigenvalue weighted by Gasteiger charge is -2.14. The fourth-order valence-electron chi connectivity index (χ4n) is 4.18.